The van der Waals surface area contributed by atoms with E-state index in [0.29, 0.717) is 23.4 Å². The van der Waals surface area contributed by atoms with Crippen LogP contribution in [0.4, 0.5) is 5.69 Å². The molecule has 4 N–H and O–H groups in total. The van der Waals surface area contributed by atoms with Gasteiger partial charge in [-0.05, 0) is 50.6 Å². The summed E-state index contributed by atoms with van der Waals surface area (Å²) in [5.41, 5.74) is 7.58. The lowest BCUT2D eigenvalue weighted by Gasteiger charge is -2.21. The molecule has 0 bridgehead atoms. The van der Waals surface area contributed by atoms with Crippen molar-refractivity contribution in [2.45, 2.75) is 32.9 Å². The van der Waals surface area contributed by atoms with Crippen LogP contribution in [0, 0.1) is 0 Å². The minimum Gasteiger partial charge on any atom is -0.347 e. The van der Waals surface area contributed by atoms with Gasteiger partial charge in [-0.15, -0.1) is 12.4 Å². The maximum Gasteiger partial charge on any atom is 0.255 e. The van der Waals surface area contributed by atoms with Gasteiger partial charge in [-0.2, -0.15) is 0 Å². The highest BCUT2D eigenvalue weighted by Crippen LogP contribution is 2.17. The summed E-state index contributed by atoms with van der Waals surface area (Å²) in [6.07, 6.45) is 0. The average Bonchev–Trinajstić information content (AvgIpc) is 2.53. The van der Waals surface area contributed by atoms with Crippen molar-refractivity contribution >= 4 is 29.9 Å². The van der Waals surface area contributed by atoms with Crippen LogP contribution in [0.3, 0.4) is 0 Å². The SMILES string of the molecule is CC(C)(C)NC(=O)c1ccccc1NC(=O)c1ccc(CN)cc1.Cl. The van der Waals surface area contributed by atoms with E-state index in [-0.39, 0.29) is 29.8 Å². The normalized spacial score (nSPS) is 10.6. The summed E-state index contributed by atoms with van der Waals surface area (Å²) in [6.45, 7) is 6.15. The summed E-state index contributed by atoms with van der Waals surface area (Å²) in [7, 11) is 0. The second-order valence-electron chi connectivity index (χ2n) is 6.60. The first-order chi connectivity index (χ1) is 11.3. The molecule has 0 heterocycles. The molecule has 0 aromatic heterocycles. The lowest BCUT2D eigenvalue weighted by molar-refractivity contribution is 0.0920. The third kappa shape index (κ3) is 5.89. The lowest BCUT2D eigenvalue weighted by atomic mass is 10.1. The van der Waals surface area contributed by atoms with Gasteiger partial charge in [0.25, 0.3) is 11.8 Å². The van der Waals surface area contributed by atoms with Crippen molar-refractivity contribution in [3.05, 3.63) is 65.2 Å². The summed E-state index contributed by atoms with van der Waals surface area (Å²) in [5.74, 6) is -0.494. The van der Waals surface area contributed by atoms with Gasteiger partial charge in [-0.1, -0.05) is 24.3 Å². The van der Waals surface area contributed by atoms with Crippen LogP contribution in [0.2, 0.25) is 0 Å². The highest BCUT2D eigenvalue weighted by atomic mass is 35.5. The van der Waals surface area contributed by atoms with Gasteiger partial charge in [0, 0.05) is 17.6 Å². The zero-order chi connectivity index (χ0) is 17.7. The van der Waals surface area contributed by atoms with Gasteiger partial charge in [0.15, 0.2) is 0 Å². The molecule has 2 rings (SSSR count). The highest BCUT2D eigenvalue weighted by Gasteiger charge is 2.18. The number of anilines is 1. The van der Waals surface area contributed by atoms with E-state index < -0.39 is 0 Å². The van der Waals surface area contributed by atoms with Gasteiger partial charge in [-0.3, -0.25) is 9.59 Å². The average molecular weight is 362 g/mol. The van der Waals surface area contributed by atoms with Crippen molar-refractivity contribution in [1.82, 2.24) is 5.32 Å². The third-order valence-electron chi connectivity index (χ3n) is 3.36. The van der Waals surface area contributed by atoms with Crippen molar-refractivity contribution in [3.63, 3.8) is 0 Å². The first-order valence-electron chi connectivity index (χ1n) is 7.82. The molecule has 0 aliphatic rings. The van der Waals surface area contributed by atoms with E-state index >= 15 is 0 Å². The molecular formula is C19H24ClN3O2. The molecule has 2 amide bonds. The molecule has 0 aliphatic heterocycles. The third-order valence-corrected chi connectivity index (χ3v) is 3.36. The molecule has 134 valence electrons. The number of carbonyl (C=O) groups excluding carboxylic acids is 2. The Kier molecular flexibility index (Phi) is 7.15. The van der Waals surface area contributed by atoms with E-state index in [9.17, 15) is 9.59 Å². The van der Waals surface area contributed by atoms with Crippen molar-refractivity contribution in [3.8, 4) is 0 Å². The number of rotatable bonds is 4. The molecule has 0 fully saturated rings. The van der Waals surface area contributed by atoms with Gasteiger partial charge in [-0.25, -0.2) is 0 Å². The molecule has 5 nitrogen and oxygen atoms in total. The minimum absolute atomic E-state index is 0. The zero-order valence-corrected chi connectivity index (χ0v) is 15.4. The van der Waals surface area contributed by atoms with E-state index in [2.05, 4.69) is 10.6 Å². The Balaban J connectivity index is 0.00000312. The number of nitrogens with one attached hydrogen (secondary N) is 2. The fraction of sp³-hybridized carbons (Fsp3) is 0.263. The molecule has 0 radical (unpaired) electrons. The van der Waals surface area contributed by atoms with Crippen molar-refractivity contribution < 1.29 is 9.59 Å². The second-order valence-corrected chi connectivity index (χ2v) is 6.60. The van der Waals surface area contributed by atoms with Gasteiger partial charge < -0.3 is 16.4 Å². The van der Waals surface area contributed by atoms with Crippen LogP contribution in [0.15, 0.2) is 48.5 Å². The first-order valence-corrected chi connectivity index (χ1v) is 7.82. The maximum absolute atomic E-state index is 12.4. The Morgan fingerprint density at radius 1 is 0.960 bits per heavy atom. The van der Waals surface area contributed by atoms with Crippen molar-refractivity contribution in [2.75, 3.05) is 5.32 Å². The van der Waals surface area contributed by atoms with Gasteiger partial charge >= 0.3 is 0 Å². The van der Waals surface area contributed by atoms with E-state index in [1.54, 1.807) is 36.4 Å². The standard InChI is InChI=1S/C19H23N3O2.ClH/c1-19(2,3)22-18(24)15-6-4-5-7-16(15)21-17(23)14-10-8-13(12-20)9-11-14;/h4-11H,12,20H2,1-3H3,(H,21,23)(H,22,24);1H. The Morgan fingerprint density at radius 3 is 2.12 bits per heavy atom. The van der Waals surface area contributed by atoms with E-state index in [4.69, 9.17) is 5.73 Å². The minimum atomic E-state index is -0.355. The number of hydrogen-bond acceptors (Lipinski definition) is 3. The van der Waals surface area contributed by atoms with Crippen LogP contribution in [0.1, 0.15) is 47.1 Å². The van der Waals surface area contributed by atoms with Crippen LogP contribution >= 0.6 is 12.4 Å². The Hall–Kier alpha value is -2.37. The number of para-hydroxylation sites is 1. The van der Waals surface area contributed by atoms with Crippen LogP contribution < -0.4 is 16.4 Å². The molecular weight excluding hydrogens is 338 g/mol. The summed E-state index contributed by atoms with van der Waals surface area (Å²) < 4.78 is 0. The number of hydrogen-bond donors (Lipinski definition) is 3. The van der Waals surface area contributed by atoms with Crippen LogP contribution in [0.5, 0.6) is 0 Å². The van der Waals surface area contributed by atoms with Crippen LogP contribution in [-0.4, -0.2) is 17.4 Å². The summed E-state index contributed by atoms with van der Waals surface area (Å²) >= 11 is 0. The quantitative estimate of drug-likeness (QED) is 0.780. The Morgan fingerprint density at radius 2 is 1.56 bits per heavy atom. The molecule has 2 aromatic carbocycles. The molecule has 6 heteroatoms. The molecule has 2 aromatic rings. The Bertz CT molecular complexity index is 737. The molecule has 0 unspecified atom stereocenters. The molecule has 0 saturated heterocycles. The van der Waals surface area contributed by atoms with Crippen LogP contribution in [-0.2, 0) is 6.54 Å². The molecule has 0 saturated carbocycles. The number of nitrogens with two attached hydrogens (primary N) is 1. The maximum atomic E-state index is 12.4. The van der Waals surface area contributed by atoms with Gasteiger partial charge in [0.2, 0.25) is 0 Å². The molecule has 0 aliphatic carbocycles. The van der Waals surface area contributed by atoms with Crippen molar-refractivity contribution in [2.24, 2.45) is 5.73 Å². The topological polar surface area (TPSA) is 84.2 Å². The molecule has 0 spiro atoms. The van der Waals surface area contributed by atoms with Gasteiger partial charge in [0.1, 0.15) is 0 Å². The summed E-state index contributed by atoms with van der Waals surface area (Å²) in [5, 5.41) is 5.70. The smallest absolute Gasteiger partial charge is 0.255 e. The number of amides is 2. The molecule has 0 atom stereocenters. The predicted molar refractivity (Wildman–Crippen MR) is 103 cm³/mol. The predicted octanol–water partition coefficient (Wildman–Crippen LogP) is 3.35. The van der Waals surface area contributed by atoms with E-state index in [1.165, 1.54) is 0 Å². The molecule has 25 heavy (non-hydrogen) atoms. The first kappa shape index (κ1) is 20.7. The number of halogens is 1. The largest absolute Gasteiger partial charge is 0.347 e. The van der Waals surface area contributed by atoms with Crippen LogP contribution in [0.25, 0.3) is 0 Å². The zero-order valence-electron chi connectivity index (χ0n) is 14.6. The van der Waals surface area contributed by atoms with E-state index in [0.717, 1.165) is 5.56 Å². The van der Waals surface area contributed by atoms with E-state index in [1.807, 2.05) is 32.9 Å². The fourth-order valence-corrected chi connectivity index (χ4v) is 2.18. The monoisotopic (exact) mass is 361 g/mol. The second kappa shape index (κ2) is 8.65. The van der Waals surface area contributed by atoms with Gasteiger partial charge in [0.05, 0.1) is 11.3 Å². The number of benzene rings is 2. The fourth-order valence-electron chi connectivity index (χ4n) is 2.18. The number of carbonyl (C=O) groups is 2. The highest BCUT2D eigenvalue weighted by molar-refractivity contribution is 6.09. The Labute approximate surface area is 154 Å². The summed E-state index contributed by atoms with van der Waals surface area (Å²) in [6, 6.07) is 14.0. The van der Waals surface area contributed by atoms with Crippen molar-refractivity contribution in [1.29, 1.82) is 0 Å². The lowest BCUT2D eigenvalue weighted by Crippen LogP contribution is -2.40. The summed E-state index contributed by atoms with van der Waals surface area (Å²) in [4.78, 5) is 24.8.